The molecule has 0 bridgehead atoms. The molecule has 5 heteroatoms. The number of carbonyl (C=O) groups excluding carboxylic acids is 1. The van der Waals surface area contributed by atoms with Gasteiger partial charge in [0.1, 0.15) is 11.4 Å². The van der Waals surface area contributed by atoms with Crippen LogP contribution >= 0.6 is 0 Å². The largest absolute Gasteiger partial charge is 0.339 e. The Morgan fingerprint density at radius 3 is 2.32 bits per heavy atom. The first kappa shape index (κ1) is 18.9. The molecule has 0 fully saturated rings. The molecule has 5 rings (SSSR count). The summed E-state index contributed by atoms with van der Waals surface area (Å²) in [7, 11) is 0. The van der Waals surface area contributed by atoms with Gasteiger partial charge in [-0.2, -0.15) is 5.10 Å². The molecular weight excluding hydrogens is 384 g/mol. The van der Waals surface area contributed by atoms with Crippen LogP contribution in [0.2, 0.25) is 0 Å². The van der Waals surface area contributed by atoms with Crippen molar-refractivity contribution in [3.8, 4) is 0 Å². The number of nitrogens with zero attached hydrogens (tertiary/aromatic N) is 2. The van der Waals surface area contributed by atoms with Crippen molar-refractivity contribution < 1.29 is 4.79 Å². The third-order valence-electron chi connectivity index (χ3n) is 5.42. The Morgan fingerprint density at radius 2 is 1.61 bits per heavy atom. The predicted molar refractivity (Wildman–Crippen MR) is 124 cm³/mol. The second-order valence-electron chi connectivity index (χ2n) is 7.60. The van der Waals surface area contributed by atoms with Gasteiger partial charge in [0.2, 0.25) is 0 Å². The van der Waals surface area contributed by atoms with Crippen LogP contribution in [-0.4, -0.2) is 15.7 Å². The zero-order valence-electron chi connectivity index (χ0n) is 17.1. The summed E-state index contributed by atoms with van der Waals surface area (Å²) in [6, 6.07) is 27.9. The van der Waals surface area contributed by atoms with Gasteiger partial charge < -0.3 is 10.6 Å². The molecule has 1 amide bonds. The highest BCUT2D eigenvalue weighted by Gasteiger charge is 2.27. The van der Waals surface area contributed by atoms with Crippen LogP contribution in [0.4, 0.5) is 11.5 Å². The van der Waals surface area contributed by atoms with Gasteiger partial charge in [-0.1, -0.05) is 78.4 Å². The smallest absolute Gasteiger partial charge is 0.261 e. The van der Waals surface area contributed by atoms with Crippen LogP contribution in [0.3, 0.4) is 0 Å². The van der Waals surface area contributed by atoms with E-state index in [2.05, 4.69) is 46.1 Å². The number of nitrogens with one attached hydrogen (secondary N) is 2. The van der Waals surface area contributed by atoms with Crippen LogP contribution in [-0.2, 0) is 0 Å². The van der Waals surface area contributed by atoms with E-state index in [9.17, 15) is 4.79 Å². The first-order valence-corrected chi connectivity index (χ1v) is 10.2. The van der Waals surface area contributed by atoms with Crippen molar-refractivity contribution in [2.45, 2.75) is 13.0 Å². The monoisotopic (exact) mass is 406 g/mol. The van der Waals surface area contributed by atoms with E-state index in [1.807, 2.05) is 72.3 Å². The number of rotatable bonds is 4. The van der Waals surface area contributed by atoms with Crippen LogP contribution in [0.15, 0.2) is 97.2 Å². The lowest BCUT2D eigenvalue weighted by atomic mass is 10.0. The van der Waals surface area contributed by atoms with E-state index in [0.717, 1.165) is 28.1 Å². The molecule has 1 aliphatic rings. The van der Waals surface area contributed by atoms with E-state index < -0.39 is 0 Å². The number of allylic oxidation sites excluding steroid dienone is 1. The molecule has 5 nitrogen and oxygen atoms in total. The summed E-state index contributed by atoms with van der Waals surface area (Å²) < 4.78 is 1.87. The molecule has 0 unspecified atom stereocenters. The molecule has 0 radical (unpaired) electrons. The lowest BCUT2D eigenvalue weighted by molar-refractivity contribution is 0.102. The molecule has 0 saturated heterocycles. The highest BCUT2D eigenvalue weighted by molar-refractivity contribution is 6.08. The summed E-state index contributed by atoms with van der Waals surface area (Å²) in [5.41, 5.74) is 5.51. The Hall–Kier alpha value is -4.12. The third kappa shape index (κ3) is 3.73. The first-order chi connectivity index (χ1) is 15.2. The van der Waals surface area contributed by atoms with Gasteiger partial charge in [-0.15, -0.1) is 0 Å². The van der Waals surface area contributed by atoms with Crippen LogP contribution in [0, 0.1) is 6.92 Å². The first-order valence-electron chi connectivity index (χ1n) is 10.2. The summed E-state index contributed by atoms with van der Waals surface area (Å²) in [5.74, 6) is 0.485. The van der Waals surface area contributed by atoms with Gasteiger partial charge in [0.15, 0.2) is 0 Å². The van der Waals surface area contributed by atoms with Gasteiger partial charge in [0.25, 0.3) is 5.91 Å². The SMILES string of the molecule is Cc1ccc(NC(=O)c2cnn3c2NC(c2ccccc2)=C[C@@H]3c2ccccc2)cc1. The maximum atomic E-state index is 13.1. The van der Waals surface area contributed by atoms with Crippen molar-refractivity contribution in [1.29, 1.82) is 0 Å². The summed E-state index contributed by atoms with van der Waals surface area (Å²) >= 11 is 0. The molecule has 152 valence electrons. The summed E-state index contributed by atoms with van der Waals surface area (Å²) in [6.07, 6.45) is 3.77. The summed E-state index contributed by atoms with van der Waals surface area (Å²) in [6.45, 7) is 2.02. The molecule has 2 heterocycles. The molecule has 0 spiro atoms. The van der Waals surface area contributed by atoms with Crippen molar-refractivity contribution in [3.63, 3.8) is 0 Å². The number of hydrogen-bond acceptors (Lipinski definition) is 3. The molecule has 3 aromatic carbocycles. The highest BCUT2D eigenvalue weighted by atomic mass is 16.1. The van der Waals surface area contributed by atoms with Crippen molar-refractivity contribution >= 4 is 23.1 Å². The summed E-state index contributed by atoms with van der Waals surface area (Å²) in [4.78, 5) is 13.1. The second kappa shape index (κ2) is 7.95. The topological polar surface area (TPSA) is 59.0 Å². The molecule has 1 atom stereocenters. The van der Waals surface area contributed by atoms with Crippen LogP contribution in [0.25, 0.3) is 5.70 Å². The minimum absolute atomic E-state index is 0.117. The number of anilines is 2. The van der Waals surface area contributed by atoms with E-state index >= 15 is 0 Å². The van der Waals surface area contributed by atoms with Crippen LogP contribution < -0.4 is 10.6 Å². The Kier molecular flexibility index (Phi) is 4.84. The number of aromatic nitrogens is 2. The van der Waals surface area contributed by atoms with Gasteiger partial charge in [-0.05, 0) is 36.3 Å². The number of fused-ring (bicyclic) bond motifs is 1. The number of benzene rings is 3. The molecule has 2 N–H and O–H groups in total. The molecule has 0 saturated carbocycles. The predicted octanol–water partition coefficient (Wildman–Crippen LogP) is 5.50. The van der Waals surface area contributed by atoms with Crippen molar-refractivity contribution in [2.24, 2.45) is 0 Å². The fourth-order valence-corrected chi connectivity index (χ4v) is 3.77. The van der Waals surface area contributed by atoms with Gasteiger partial charge in [-0.25, -0.2) is 4.68 Å². The van der Waals surface area contributed by atoms with Crippen LogP contribution in [0.1, 0.15) is 33.1 Å². The number of carbonyl (C=O) groups is 1. The minimum Gasteiger partial charge on any atom is -0.339 e. The van der Waals surface area contributed by atoms with Crippen LogP contribution in [0.5, 0.6) is 0 Å². The normalized spacial score (nSPS) is 14.9. The van der Waals surface area contributed by atoms with Crippen molar-refractivity contribution in [2.75, 3.05) is 10.6 Å². The number of aryl methyl sites for hydroxylation is 1. The lowest BCUT2D eigenvalue weighted by Gasteiger charge is -2.26. The minimum atomic E-state index is -0.196. The highest BCUT2D eigenvalue weighted by Crippen LogP contribution is 2.35. The average Bonchev–Trinajstić information content (AvgIpc) is 3.25. The van der Waals surface area contributed by atoms with Gasteiger partial charge in [0, 0.05) is 11.4 Å². The fourth-order valence-electron chi connectivity index (χ4n) is 3.77. The molecule has 1 aliphatic heterocycles. The Morgan fingerprint density at radius 1 is 0.935 bits per heavy atom. The van der Waals surface area contributed by atoms with Crippen molar-refractivity contribution in [3.05, 3.63) is 119 Å². The van der Waals surface area contributed by atoms with E-state index in [0.29, 0.717) is 11.4 Å². The quantitative estimate of drug-likeness (QED) is 0.470. The maximum Gasteiger partial charge on any atom is 0.261 e. The van der Waals surface area contributed by atoms with Gasteiger partial charge >= 0.3 is 0 Å². The maximum absolute atomic E-state index is 13.1. The zero-order chi connectivity index (χ0) is 21.2. The Labute approximate surface area is 181 Å². The zero-order valence-corrected chi connectivity index (χ0v) is 17.1. The van der Waals surface area contributed by atoms with E-state index in [1.165, 1.54) is 0 Å². The average molecular weight is 406 g/mol. The number of amides is 1. The fraction of sp³-hybridized carbons (Fsp3) is 0.0769. The van der Waals surface area contributed by atoms with Gasteiger partial charge in [-0.3, -0.25) is 4.79 Å². The van der Waals surface area contributed by atoms with Crippen molar-refractivity contribution in [1.82, 2.24) is 9.78 Å². The van der Waals surface area contributed by atoms with E-state index in [-0.39, 0.29) is 11.9 Å². The third-order valence-corrected chi connectivity index (χ3v) is 5.42. The molecule has 4 aromatic rings. The van der Waals surface area contributed by atoms with E-state index in [4.69, 9.17) is 0 Å². The second-order valence-corrected chi connectivity index (χ2v) is 7.60. The Bertz CT molecular complexity index is 1240. The standard InChI is InChI=1S/C26H22N4O/c1-18-12-14-21(15-13-18)28-26(31)22-17-27-30-24(20-10-6-3-7-11-20)16-23(29-25(22)30)19-8-4-2-5-9-19/h2-17,24,29H,1H3,(H,28,31)/t24-/m1/s1. The van der Waals surface area contributed by atoms with Gasteiger partial charge in [0.05, 0.1) is 12.2 Å². The lowest BCUT2D eigenvalue weighted by Crippen LogP contribution is -2.22. The van der Waals surface area contributed by atoms with E-state index in [1.54, 1.807) is 6.20 Å². The molecule has 0 aliphatic carbocycles. The molecule has 31 heavy (non-hydrogen) atoms. The number of hydrogen-bond donors (Lipinski definition) is 2. The Balaban J connectivity index is 1.54. The summed E-state index contributed by atoms with van der Waals surface area (Å²) in [5, 5.41) is 11.0. The molecular formula is C26H22N4O. The molecule has 1 aromatic heterocycles.